The number of hydrogen-bond acceptors (Lipinski definition) is 5. The summed E-state index contributed by atoms with van der Waals surface area (Å²) in [5.41, 5.74) is 0.659. The molecule has 3 aliphatic rings. The monoisotopic (exact) mass is 338 g/mol. The second-order valence-electron chi connectivity index (χ2n) is 6.59. The summed E-state index contributed by atoms with van der Waals surface area (Å²) in [4.78, 5) is 14.1. The Balaban J connectivity index is 1.63. The molecule has 0 radical (unpaired) electrons. The van der Waals surface area contributed by atoms with E-state index in [4.69, 9.17) is 0 Å². The van der Waals surface area contributed by atoms with Gasteiger partial charge in [-0.2, -0.15) is 0 Å². The summed E-state index contributed by atoms with van der Waals surface area (Å²) in [5, 5.41) is 6.33. The topological polar surface area (TPSA) is 90.9 Å². The number of amides is 1. The number of nitrogens with zero attached hydrogens (tertiary/aromatic N) is 2. The van der Waals surface area contributed by atoms with Gasteiger partial charge in [-0.25, -0.2) is 8.42 Å². The van der Waals surface area contributed by atoms with Gasteiger partial charge in [-0.05, 0) is 43.5 Å². The summed E-state index contributed by atoms with van der Waals surface area (Å²) in [7, 11) is -3.36. The van der Waals surface area contributed by atoms with Gasteiger partial charge in [0.05, 0.1) is 11.3 Å². The van der Waals surface area contributed by atoms with E-state index in [1.807, 2.05) is 0 Å². The number of hydrogen-bond donors (Lipinski definition) is 2. The number of amidine groups is 1. The quantitative estimate of drug-likeness (QED) is 0.755. The second-order valence-corrected chi connectivity index (χ2v) is 8.34. The Kier molecular flexibility index (Phi) is 4.29. The highest BCUT2D eigenvalue weighted by Crippen LogP contribution is 2.27. The third kappa shape index (κ3) is 3.81. The Morgan fingerprint density at radius 3 is 2.87 bits per heavy atom. The highest BCUT2D eigenvalue weighted by Gasteiger charge is 2.28. The van der Waals surface area contributed by atoms with E-state index in [1.54, 1.807) is 23.3 Å². The Bertz CT molecular complexity index is 688. The number of fused-ring (bicyclic) bond motifs is 1. The van der Waals surface area contributed by atoms with Gasteiger partial charge in [0, 0.05) is 19.3 Å². The highest BCUT2D eigenvalue weighted by atomic mass is 32.2. The molecule has 0 bridgehead atoms. The van der Waals surface area contributed by atoms with Crippen LogP contribution in [0.4, 0.5) is 0 Å². The minimum Gasteiger partial charge on any atom is -0.351 e. The number of sulfonamides is 1. The first-order valence-corrected chi connectivity index (χ1v) is 9.46. The van der Waals surface area contributed by atoms with Crippen molar-refractivity contribution in [3.63, 3.8) is 0 Å². The van der Waals surface area contributed by atoms with Gasteiger partial charge in [0.2, 0.25) is 0 Å². The maximum atomic E-state index is 12.4. The minimum absolute atomic E-state index is 0.0270. The molecular weight excluding hydrogens is 316 g/mol. The molecule has 23 heavy (non-hydrogen) atoms. The van der Waals surface area contributed by atoms with Crippen LogP contribution in [-0.4, -0.2) is 57.0 Å². The van der Waals surface area contributed by atoms with E-state index in [9.17, 15) is 13.2 Å². The Morgan fingerprint density at radius 1 is 1.39 bits per heavy atom. The SMILES string of the molecule is CC1(CNC(=O)C2=CN3CCS(=O)(=O)N=C3C=C2)CCNCC1. The van der Waals surface area contributed by atoms with Gasteiger partial charge in [-0.3, -0.25) is 4.79 Å². The van der Waals surface area contributed by atoms with Crippen LogP contribution in [0.25, 0.3) is 0 Å². The Labute approximate surface area is 136 Å². The third-order valence-corrected chi connectivity index (χ3v) is 5.74. The van der Waals surface area contributed by atoms with Crippen LogP contribution < -0.4 is 10.6 Å². The molecular formula is C15H22N4O3S. The number of rotatable bonds is 3. The third-order valence-electron chi connectivity index (χ3n) is 4.57. The smallest absolute Gasteiger partial charge is 0.256 e. The van der Waals surface area contributed by atoms with Crippen LogP contribution in [0.1, 0.15) is 19.8 Å². The molecule has 1 saturated heterocycles. The summed E-state index contributed by atoms with van der Waals surface area (Å²) in [6, 6.07) is 0. The van der Waals surface area contributed by atoms with E-state index < -0.39 is 10.0 Å². The normalized spacial score (nSPS) is 25.2. The van der Waals surface area contributed by atoms with Crippen LogP contribution >= 0.6 is 0 Å². The predicted octanol–water partition coefficient (Wildman–Crippen LogP) is -0.0101. The first kappa shape index (κ1) is 16.2. The molecule has 0 aromatic heterocycles. The van der Waals surface area contributed by atoms with Gasteiger partial charge in [-0.1, -0.05) is 6.92 Å². The first-order chi connectivity index (χ1) is 10.9. The summed E-state index contributed by atoms with van der Waals surface area (Å²) < 4.78 is 26.7. The number of carbonyl (C=O) groups excluding carboxylic acids is 1. The van der Waals surface area contributed by atoms with Crippen LogP contribution in [0.5, 0.6) is 0 Å². The van der Waals surface area contributed by atoms with Crippen LogP contribution in [0.2, 0.25) is 0 Å². The zero-order valence-electron chi connectivity index (χ0n) is 13.2. The molecule has 0 aromatic rings. The summed E-state index contributed by atoms with van der Waals surface area (Å²) in [5.74, 6) is 0.215. The molecule has 8 heteroatoms. The van der Waals surface area contributed by atoms with Gasteiger partial charge in [0.1, 0.15) is 5.84 Å². The van der Waals surface area contributed by atoms with Crippen LogP contribution in [0, 0.1) is 5.41 Å². The van der Waals surface area contributed by atoms with Crippen molar-refractivity contribution in [1.82, 2.24) is 15.5 Å². The molecule has 1 fully saturated rings. The van der Waals surface area contributed by atoms with Crippen molar-refractivity contribution in [3.05, 3.63) is 23.9 Å². The number of carbonyl (C=O) groups is 1. The van der Waals surface area contributed by atoms with E-state index in [0.717, 1.165) is 25.9 Å². The van der Waals surface area contributed by atoms with Gasteiger partial charge < -0.3 is 15.5 Å². The van der Waals surface area contributed by atoms with Crippen molar-refractivity contribution >= 4 is 21.8 Å². The van der Waals surface area contributed by atoms with Crippen molar-refractivity contribution in [2.24, 2.45) is 9.81 Å². The molecule has 0 aliphatic carbocycles. The van der Waals surface area contributed by atoms with Crippen LogP contribution in [0.3, 0.4) is 0 Å². The van der Waals surface area contributed by atoms with Crippen molar-refractivity contribution < 1.29 is 13.2 Å². The van der Waals surface area contributed by atoms with E-state index in [0.29, 0.717) is 24.5 Å². The van der Waals surface area contributed by atoms with E-state index in [1.165, 1.54) is 0 Å². The molecule has 3 aliphatic heterocycles. The fraction of sp³-hybridized carbons (Fsp3) is 0.600. The average Bonchev–Trinajstić information content (AvgIpc) is 2.52. The standard InChI is InChI=1S/C15H22N4O3S/c1-15(4-6-16-7-5-15)11-17-14(20)12-2-3-13-18-23(21,22)9-8-19(13)10-12/h2-3,10,16H,4-9,11H2,1H3,(H,17,20). The van der Waals surface area contributed by atoms with Crippen LogP contribution in [0.15, 0.2) is 28.3 Å². The first-order valence-electron chi connectivity index (χ1n) is 7.85. The van der Waals surface area contributed by atoms with Crippen molar-refractivity contribution in [2.75, 3.05) is 31.9 Å². The lowest BCUT2D eigenvalue weighted by Gasteiger charge is -2.34. The average molecular weight is 338 g/mol. The summed E-state index contributed by atoms with van der Waals surface area (Å²) in [6.45, 7) is 5.13. The lowest BCUT2D eigenvalue weighted by molar-refractivity contribution is -0.117. The Hall–Kier alpha value is -1.67. The van der Waals surface area contributed by atoms with Gasteiger partial charge >= 0.3 is 0 Å². The molecule has 126 valence electrons. The molecule has 0 aromatic carbocycles. The van der Waals surface area contributed by atoms with E-state index in [2.05, 4.69) is 22.0 Å². The lowest BCUT2D eigenvalue weighted by Crippen LogP contribution is -2.43. The minimum atomic E-state index is -3.36. The number of piperidine rings is 1. The summed E-state index contributed by atoms with van der Waals surface area (Å²) in [6.07, 6.45) is 6.97. The van der Waals surface area contributed by atoms with Crippen molar-refractivity contribution in [2.45, 2.75) is 19.8 Å². The molecule has 3 heterocycles. The zero-order valence-corrected chi connectivity index (χ0v) is 14.0. The largest absolute Gasteiger partial charge is 0.351 e. The van der Waals surface area contributed by atoms with Gasteiger partial charge in [0.15, 0.2) is 0 Å². The van der Waals surface area contributed by atoms with Crippen molar-refractivity contribution in [3.8, 4) is 0 Å². The maximum Gasteiger partial charge on any atom is 0.256 e. The van der Waals surface area contributed by atoms with Gasteiger partial charge in [-0.15, -0.1) is 4.40 Å². The van der Waals surface area contributed by atoms with Gasteiger partial charge in [0.25, 0.3) is 15.9 Å². The molecule has 0 saturated carbocycles. The molecule has 1 amide bonds. The number of nitrogens with one attached hydrogen (secondary N) is 2. The zero-order chi connectivity index (χ0) is 16.5. The molecule has 7 nitrogen and oxygen atoms in total. The molecule has 2 N–H and O–H groups in total. The molecule has 0 atom stereocenters. The predicted molar refractivity (Wildman–Crippen MR) is 88.4 cm³/mol. The Morgan fingerprint density at radius 2 is 2.13 bits per heavy atom. The van der Waals surface area contributed by atoms with E-state index >= 15 is 0 Å². The lowest BCUT2D eigenvalue weighted by atomic mass is 9.81. The fourth-order valence-electron chi connectivity index (χ4n) is 2.94. The highest BCUT2D eigenvalue weighted by molar-refractivity contribution is 7.90. The van der Waals surface area contributed by atoms with Crippen LogP contribution in [-0.2, 0) is 14.8 Å². The summed E-state index contributed by atoms with van der Waals surface area (Å²) >= 11 is 0. The maximum absolute atomic E-state index is 12.4. The van der Waals surface area contributed by atoms with E-state index in [-0.39, 0.29) is 17.1 Å². The fourth-order valence-corrected chi connectivity index (χ4v) is 3.91. The van der Waals surface area contributed by atoms with Crippen molar-refractivity contribution in [1.29, 1.82) is 0 Å². The molecule has 0 unspecified atom stereocenters. The molecule has 0 spiro atoms. The molecule has 3 rings (SSSR count). The second kappa shape index (κ2) is 6.09.